The van der Waals surface area contributed by atoms with Crippen molar-refractivity contribution in [2.24, 2.45) is 7.05 Å². The summed E-state index contributed by atoms with van der Waals surface area (Å²) in [5, 5.41) is 9.98. The molecule has 2 aromatic rings. The number of aryl methyl sites for hydroxylation is 2. The largest absolute Gasteiger partial charge is 0.507 e. The van der Waals surface area contributed by atoms with Crippen LogP contribution in [0.25, 0.3) is 0 Å². The Kier molecular flexibility index (Phi) is 3.67. The van der Waals surface area contributed by atoms with Crippen LogP contribution in [-0.2, 0) is 20.1 Å². The summed E-state index contributed by atoms with van der Waals surface area (Å²) in [7, 11) is 4.01. The molecular formula is C14H19N3O. The maximum absolute atomic E-state index is 9.98. The van der Waals surface area contributed by atoms with E-state index in [2.05, 4.69) is 9.88 Å². The summed E-state index contributed by atoms with van der Waals surface area (Å²) in [6, 6.07) is 5.84. The molecule has 0 aliphatic heterocycles. The molecule has 0 aliphatic carbocycles. The second kappa shape index (κ2) is 5.23. The van der Waals surface area contributed by atoms with Crippen LogP contribution < -0.4 is 0 Å². The first-order chi connectivity index (χ1) is 8.58. The van der Waals surface area contributed by atoms with Gasteiger partial charge in [0.1, 0.15) is 11.6 Å². The number of aromatic nitrogens is 2. The molecule has 0 radical (unpaired) electrons. The van der Waals surface area contributed by atoms with Crippen molar-refractivity contribution in [1.29, 1.82) is 0 Å². The summed E-state index contributed by atoms with van der Waals surface area (Å²) < 4.78 is 2.01. The van der Waals surface area contributed by atoms with Gasteiger partial charge in [-0.1, -0.05) is 18.2 Å². The Balaban J connectivity index is 2.05. The van der Waals surface area contributed by atoms with Gasteiger partial charge in [0.05, 0.1) is 6.54 Å². The third-order valence-electron chi connectivity index (χ3n) is 3.09. The molecule has 18 heavy (non-hydrogen) atoms. The summed E-state index contributed by atoms with van der Waals surface area (Å²) in [6.07, 6.45) is 3.74. The van der Waals surface area contributed by atoms with Crippen molar-refractivity contribution >= 4 is 0 Å². The number of hydrogen-bond donors (Lipinski definition) is 1. The maximum Gasteiger partial charge on any atom is 0.122 e. The second-order valence-corrected chi connectivity index (χ2v) is 4.71. The lowest BCUT2D eigenvalue weighted by Crippen LogP contribution is -2.19. The van der Waals surface area contributed by atoms with Crippen molar-refractivity contribution < 1.29 is 5.11 Å². The molecule has 96 valence electrons. The zero-order valence-electron chi connectivity index (χ0n) is 11.1. The van der Waals surface area contributed by atoms with Gasteiger partial charge in [0.2, 0.25) is 0 Å². The minimum atomic E-state index is 0.393. The summed E-state index contributed by atoms with van der Waals surface area (Å²) in [5.41, 5.74) is 1.87. The fourth-order valence-corrected chi connectivity index (χ4v) is 1.98. The summed E-state index contributed by atoms with van der Waals surface area (Å²) in [5.74, 6) is 1.41. The van der Waals surface area contributed by atoms with E-state index in [1.807, 2.05) is 50.0 Å². The Morgan fingerprint density at radius 3 is 2.78 bits per heavy atom. The van der Waals surface area contributed by atoms with E-state index in [0.29, 0.717) is 12.3 Å². The number of para-hydroxylation sites is 1. The Bertz CT molecular complexity index is 534. The van der Waals surface area contributed by atoms with Crippen molar-refractivity contribution in [1.82, 2.24) is 14.5 Å². The quantitative estimate of drug-likeness (QED) is 0.896. The van der Waals surface area contributed by atoms with E-state index in [0.717, 1.165) is 23.5 Å². The van der Waals surface area contributed by atoms with E-state index in [4.69, 9.17) is 0 Å². The number of nitrogens with zero attached hydrogens (tertiary/aromatic N) is 3. The molecule has 0 saturated carbocycles. The van der Waals surface area contributed by atoms with Crippen LogP contribution in [0.15, 0.2) is 30.6 Å². The van der Waals surface area contributed by atoms with Gasteiger partial charge in [0.25, 0.3) is 0 Å². The monoisotopic (exact) mass is 245 g/mol. The topological polar surface area (TPSA) is 41.3 Å². The van der Waals surface area contributed by atoms with E-state index in [1.165, 1.54) is 0 Å². The molecule has 4 nitrogen and oxygen atoms in total. The Labute approximate surface area is 108 Å². The molecule has 0 unspecified atom stereocenters. The van der Waals surface area contributed by atoms with Gasteiger partial charge in [-0.3, -0.25) is 4.90 Å². The number of phenols is 1. The normalized spacial score (nSPS) is 11.1. The minimum absolute atomic E-state index is 0.393. The molecular weight excluding hydrogens is 226 g/mol. The fraction of sp³-hybridized carbons (Fsp3) is 0.357. The van der Waals surface area contributed by atoms with Crippen LogP contribution in [0, 0.1) is 6.92 Å². The van der Waals surface area contributed by atoms with Crippen molar-refractivity contribution in [3.63, 3.8) is 0 Å². The zero-order chi connectivity index (χ0) is 13.1. The lowest BCUT2D eigenvalue weighted by molar-refractivity contribution is 0.301. The molecule has 0 spiro atoms. The molecule has 1 aromatic carbocycles. The fourth-order valence-electron chi connectivity index (χ4n) is 1.98. The first kappa shape index (κ1) is 12.6. The van der Waals surface area contributed by atoms with Crippen LogP contribution in [-0.4, -0.2) is 26.6 Å². The third kappa shape index (κ3) is 2.71. The predicted octanol–water partition coefficient (Wildman–Crippen LogP) is 2.07. The van der Waals surface area contributed by atoms with Gasteiger partial charge in [-0.05, 0) is 19.5 Å². The van der Waals surface area contributed by atoms with Gasteiger partial charge >= 0.3 is 0 Å². The summed E-state index contributed by atoms with van der Waals surface area (Å²) >= 11 is 0. The number of rotatable bonds is 4. The number of aromatic hydroxyl groups is 1. The molecule has 0 saturated heterocycles. The van der Waals surface area contributed by atoms with Crippen LogP contribution in [0.1, 0.15) is 17.0 Å². The van der Waals surface area contributed by atoms with Gasteiger partial charge in [0, 0.05) is 31.5 Å². The predicted molar refractivity (Wildman–Crippen MR) is 71.2 cm³/mol. The van der Waals surface area contributed by atoms with Crippen LogP contribution in [0.4, 0.5) is 0 Å². The molecule has 2 rings (SSSR count). The summed E-state index contributed by atoms with van der Waals surface area (Å²) in [4.78, 5) is 6.43. The number of hydrogen-bond acceptors (Lipinski definition) is 3. The highest BCUT2D eigenvalue weighted by atomic mass is 16.3. The van der Waals surface area contributed by atoms with Crippen molar-refractivity contribution in [3.05, 3.63) is 47.5 Å². The molecule has 0 fully saturated rings. The molecule has 4 heteroatoms. The van der Waals surface area contributed by atoms with E-state index in [-0.39, 0.29) is 0 Å². The molecule has 0 bridgehead atoms. The van der Waals surface area contributed by atoms with Crippen LogP contribution in [0.3, 0.4) is 0 Å². The van der Waals surface area contributed by atoms with Crippen LogP contribution in [0.2, 0.25) is 0 Å². The SMILES string of the molecule is Cc1cccc(CN(C)Cc2nccn2C)c1O. The van der Waals surface area contributed by atoms with E-state index in [1.54, 1.807) is 6.20 Å². The first-order valence-electron chi connectivity index (χ1n) is 6.00. The summed E-state index contributed by atoms with van der Waals surface area (Å²) in [6.45, 7) is 3.38. The minimum Gasteiger partial charge on any atom is -0.507 e. The molecule has 1 heterocycles. The van der Waals surface area contributed by atoms with E-state index in [9.17, 15) is 5.11 Å². The zero-order valence-corrected chi connectivity index (χ0v) is 11.1. The molecule has 1 aromatic heterocycles. The van der Waals surface area contributed by atoms with Gasteiger partial charge in [-0.2, -0.15) is 0 Å². The Morgan fingerprint density at radius 2 is 2.11 bits per heavy atom. The van der Waals surface area contributed by atoms with Crippen molar-refractivity contribution in [3.8, 4) is 5.75 Å². The lowest BCUT2D eigenvalue weighted by atomic mass is 10.1. The van der Waals surface area contributed by atoms with Crippen molar-refractivity contribution in [2.45, 2.75) is 20.0 Å². The molecule has 0 atom stereocenters. The highest BCUT2D eigenvalue weighted by molar-refractivity contribution is 5.39. The highest BCUT2D eigenvalue weighted by Gasteiger charge is 2.09. The smallest absolute Gasteiger partial charge is 0.122 e. The Morgan fingerprint density at radius 1 is 1.33 bits per heavy atom. The average Bonchev–Trinajstić information content (AvgIpc) is 2.71. The molecule has 0 amide bonds. The first-order valence-corrected chi connectivity index (χ1v) is 6.00. The average molecular weight is 245 g/mol. The van der Waals surface area contributed by atoms with E-state index >= 15 is 0 Å². The number of imidazole rings is 1. The highest BCUT2D eigenvalue weighted by Crippen LogP contribution is 2.22. The van der Waals surface area contributed by atoms with Gasteiger partial charge in [0.15, 0.2) is 0 Å². The molecule has 1 N–H and O–H groups in total. The maximum atomic E-state index is 9.98. The van der Waals surface area contributed by atoms with Gasteiger partial charge in [-0.25, -0.2) is 4.98 Å². The third-order valence-corrected chi connectivity index (χ3v) is 3.09. The van der Waals surface area contributed by atoms with Crippen molar-refractivity contribution in [2.75, 3.05) is 7.05 Å². The van der Waals surface area contributed by atoms with Crippen LogP contribution in [0.5, 0.6) is 5.75 Å². The molecule has 0 aliphatic rings. The number of benzene rings is 1. The second-order valence-electron chi connectivity index (χ2n) is 4.71. The standard InChI is InChI=1S/C14H19N3O/c1-11-5-4-6-12(14(11)18)9-16(2)10-13-15-7-8-17(13)3/h4-8,18H,9-10H2,1-3H3. The Hall–Kier alpha value is -1.81. The van der Waals surface area contributed by atoms with Gasteiger partial charge < -0.3 is 9.67 Å². The van der Waals surface area contributed by atoms with Crippen LogP contribution >= 0.6 is 0 Å². The van der Waals surface area contributed by atoms with Gasteiger partial charge in [-0.15, -0.1) is 0 Å². The lowest BCUT2D eigenvalue weighted by Gasteiger charge is -2.17. The number of phenolic OH excluding ortho intramolecular Hbond substituents is 1. The van der Waals surface area contributed by atoms with E-state index < -0.39 is 0 Å².